The molecule has 6 rings (SSSR count). The maximum atomic E-state index is 5.06. The molecule has 0 saturated heterocycles. The van der Waals surface area contributed by atoms with E-state index in [1.54, 1.807) is 0 Å². The summed E-state index contributed by atoms with van der Waals surface area (Å²) in [6.45, 7) is 22.9. The summed E-state index contributed by atoms with van der Waals surface area (Å²) in [4.78, 5) is 14.4. The minimum absolute atomic E-state index is 0.119. The smallest absolute Gasteiger partial charge is 0.243 e. The van der Waals surface area contributed by atoms with Crippen molar-refractivity contribution in [1.82, 2.24) is 15.0 Å². The molecular weight excluding hydrogens is 569 g/mol. The highest BCUT2D eigenvalue weighted by atomic mass is 14.8. The maximum absolute atomic E-state index is 5.06. The van der Waals surface area contributed by atoms with Gasteiger partial charge in [0, 0.05) is 12.4 Å². The van der Waals surface area contributed by atoms with Gasteiger partial charge in [-0.2, -0.15) is 0 Å². The van der Waals surface area contributed by atoms with Gasteiger partial charge in [0.05, 0.1) is 22.8 Å². The first-order valence-electron chi connectivity index (χ1n) is 16.6. The molecule has 0 bridgehead atoms. The van der Waals surface area contributed by atoms with E-state index in [0.717, 1.165) is 28.3 Å². The Hall–Kier alpha value is -4.83. The quantitative estimate of drug-likeness (QED) is 0.177. The number of nitrogens with zero attached hydrogens (tertiary/aromatic N) is 3. The summed E-state index contributed by atoms with van der Waals surface area (Å²) in [7, 11) is 0. The minimum atomic E-state index is 0.119. The molecule has 47 heavy (non-hydrogen) atoms. The molecule has 0 aliphatic heterocycles. The predicted molar refractivity (Wildman–Crippen MR) is 201 cm³/mol. The minimum Gasteiger partial charge on any atom is -0.255 e. The maximum Gasteiger partial charge on any atom is 0.243 e. The first-order valence-corrected chi connectivity index (χ1v) is 16.6. The molecule has 0 N–H and O–H groups in total. The van der Waals surface area contributed by atoms with Crippen LogP contribution in [0.4, 0.5) is 0 Å². The summed E-state index contributed by atoms with van der Waals surface area (Å²) in [6.07, 6.45) is 3.65. The second kappa shape index (κ2) is 12.8. The van der Waals surface area contributed by atoms with Gasteiger partial charge in [-0.1, -0.05) is 97.3 Å². The van der Waals surface area contributed by atoms with Gasteiger partial charge in [0.25, 0.3) is 0 Å². The molecule has 0 atom stereocenters. The van der Waals surface area contributed by atoms with Gasteiger partial charge in [-0.15, -0.1) is 0 Å². The molecule has 4 heteroatoms. The molecule has 3 aromatic heterocycles. The Bertz CT molecular complexity index is 1940. The van der Waals surface area contributed by atoms with Crippen LogP contribution in [0, 0.1) is 69.2 Å². The van der Waals surface area contributed by atoms with Crippen molar-refractivity contribution >= 4 is 23.1 Å². The monoisotopic (exact) mass is 613 g/mol. The van der Waals surface area contributed by atoms with Gasteiger partial charge in [-0.3, -0.25) is 9.97 Å². The summed E-state index contributed by atoms with van der Waals surface area (Å²) >= 11 is 0. The van der Waals surface area contributed by atoms with Crippen molar-refractivity contribution in [3.63, 3.8) is 0 Å². The standard InChI is InChI=1S/C43H44BN3/c1-25-19-27(3)41(28(4)20-25)44(42-29(5)21-26(2)22-30(42)6)43-33(9)31(7)40(32(8)34(43)10)35-23-38(36-15-11-13-17-45-36)47-39(24-35)37-16-12-14-18-46-37/h11-24H,1-10H3. The molecule has 3 heterocycles. The lowest BCUT2D eigenvalue weighted by Gasteiger charge is -2.30. The van der Waals surface area contributed by atoms with Crippen LogP contribution in [0.5, 0.6) is 0 Å². The molecular formula is C43H44BN3. The summed E-state index contributed by atoms with van der Waals surface area (Å²) < 4.78 is 0. The fraction of sp³-hybridized carbons (Fsp3) is 0.233. The molecule has 0 radical (unpaired) electrons. The van der Waals surface area contributed by atoms with Gasteiger partial charge < -0.3 is 0 Å². The third-order valence-electron chi connectivity index (χ3n) is 9.99. The number of aromatic nitrogens is 3. The van der Waals surface area contributed by atoms with Gasteiger partial charge in [0.15, 0.2) is 0 Å². The molecule has 0 saturated carbocycles. The lowest BCUT2D eigenvalue weighted by Crippen LogP contribution is -2.57. The molecule has 0 aliphatic rings. The highest BCUT2D eigenvalue weighted by Crippen LogP contribution is 2.35. The number of aryl methyl sites for hydroxylation is 6. The second-order valence-corrected chi connectivity index (χ2v) is 13.4. The zero-order chi connectivity index (χ0) is 33.6. The van der Waals surface area contributed by atoms with Crippen LogP contribution in [0.3, 0.4) is 0 Å². The molecule has 3 aromatic carbocycles. The van der Waals surface area contributed by atoms with Crippen molar-refractivity contribution in [1.29, 1.82) is 0 Å². The topological polar surface area (TPSA) is 38.7 Å². The highest BCUT2D eigenvalue weighted by Gasteiger charge is 2.33. The summed E-state index contributed by atoms with van der Waals surface area (Å²) in [5.74, 6) is 0. The van der Waals surface area contributed by atoms with Gasteiger partial charge in [0.1, 0.15) is 0 Å². The Balaban J connectivity index is 1.66. The van der Waals surface area contributed by atoms with Crippen LogP contribution in [0.2, 0.25) is 0 Å². The van der Waals surface area contributed by atoms with Crippen molar-refractivity contribution in [2.24, 2.45) is 0 Å². The first kappa shape index (κ1) is 32.1. The number of benzene rings is 3. The Kier molecular flexibility index (Phi) is 8.72. The number of pyridine rings is 3. The normalized spacial score (nSPS) is 11.2. The zero-order valence-electron chi connectivity index (χ0n) is 29.5. The molecule has 0 unspecified atom stereocenters. The van der Waals surface area contributed by atoms with Crippen LogP contribution in [-0.4, -0.2) is 21.7 Å². The molecule has 0 amide bonds. The lowest BCUT2D eigenvalue weighted by molar-refractivity contribution is 1.21. The first-order chi connectivity index (χ1) is 22.5. The van der Waals surface area contributed by atoms with Crippen LogP contribution in [-0.2, 0) is 0 Å². The lowest BCUT2D eigenvalue weighted by atomic mass is 9.32. The van der Waals surface area contributed by atoms with Crippen molar-refractivity contribution in [3.05, 3.63) is 141 Å². The largest absolute Gasteiger partial charge is 0.255 e. The van der Waals surface area contributed by atoms with Crippen molar-refractivity contribution in [2.45, 2.75) is 69.2 Å². The average molecular weight is 614 g/mol. The third-order valence-corrected chi connectivity index (χ3v) is 9.99. The van der Waals surface area contributed by atoms with Crippen molar-refractivity contribution < 1.29 is 0 Å². The van der Waals surface area contributed by atoms with E-state index in [2.05, 4.69) is 116 Å². The van der Waals surface area contributed by atoms with Gasteiger partial charge in [-0.25, -0.2) is 4.98 Å². The SMILES string of the molecule is Cc1cc(C)c(B(c2c(C)cc(C)cc2C)c2c(C)c(C)c(-c3cc(-c4ccccn4)nc(-c4ccccn4)c3)c(C)c2C)c(C)c1. The summed E-state index contributed by atoms with van der Waals surface area (Å²) in [5, 5.41) is 0. The molecule has 0 spiro atoms. The Morgan fingerprint density at radius 1 is 0.426 bits per heavy atom. The molecule has 234 valence electrons. The number of hydrogen-bond donors (Lipinski definition) is 0. The summed E-state index contributed by atoms with van der Waals surface area (Å²) in [5.41, 5.74) is 23.3. The van der Waals surface area contributed by atoms with Crippen molar-refractivity contribution in [3.8, 4) is 33.9 Å². The van der Waals surface area contributed by atoms with Gasteiger partial charge >= 0.3 is 0 Å². The van der Waals surface area contributed by atoms with Crippen LogP contribution in [0.15, 0.2) is 85.2 Å². The third kappa shape index (κ3) is 5.94. The van der Waals surface area contributed by atoms with E-state index >= 15 is 0 Å². The van der Waals surface area contributed by atoms with E-state index < -0.39 is 0 Å². The van der Waals surface area contributed by atoms with E-state index in [4.69, 9.17) is 4.98 Å². The van der Waals surface area contributed by atoms with Gasteiger partial charge in [-0.05, 0) is 128 Å². The Morgan fingerprint density at radius 3 is 1.19 bits per heavy atom. The molecule has 0 fully saturated rings. The zero-order valence-corrected chi connectivity index (χ0v) is 29.5. The van der Waals surface area contributed by atoms with E-state index in [-0.39, 0.29) is 6.71 Å². The van der Waals surface area contributed by atoms with Gasteiger partial charge in [0.2, 0.25) is 6.71 Å². The average Bonchev–Trinajstić information content (AvgIpc) is 3.03. The number of hydrogen-bond acceptors (Lipinski definition) is 3. The predicted octanol–water partition coefficient (Wildman–Crippen LogP) is 8.47. The second-order valence-electron chi connectivity index (χ2n) is 13.4. The molecule has 6 aromatic rings. The number of rotatable bonds is 6. The van der Waals surface area contributed by atoms with E-state index in [1.807, 2.05) is 48.8 Å². The Labute approximate surface area is 281 Å². The molecule has 0 aliphatic carbocycles. The van der Waals surface area contributed by atoms with Crippen molar-refractivity contribution in [2.75, 3.05) is 0 Å². The fourth-order valence-corrected chi connectivity index (χ4v) is 7.90. The molecule has 3 nitrogen and oxygen atoms in total. The van der Waals surface area contributed by atoms with Crippen LogP contribution < -0.4 is 16.4 Å². The van der Waals surface area contributed by atoms with Crippen LogP contribution in [0.1, 0.15) is 55.6 Å². The van der Waals surface area contributed by atoms with Crippen LogP contribution >= 0.6 is 0 Å². The highest BCUT2D eigenvalue weighted by molar-refractivity contribution is 6.97. The van der Waals surface area contributed by atoms with E-state index in [1.165, 1.54) is 77.6 Å². The van der Waals surface area contributed by atoms with Crippen LogP contribution in [0.25, 0.3) is 33.9 Å². The fourth-order valence-electron chi connectivity index (χ4n) is 7.90. The van der Waals surface area contributed by atoms with E-state index in [9.17, 15) is 0 Å². The summed E-state index contributed by atoms with van der Waals surface area (Å²) in [6, 6.07) is 25.8. The Morgan fingerprint density at radius 2 is 0.830 bits per heavy atom. The van der Waals surface area contributed by atoms with E-state index in [0.29, 0.717) is 0 Å².